The minimum Gasteiger partial charge on any atom is -0.460 e. The molecule has 2 aromatic heterocycles. The largest absolute Gasteiger partial charge is 0.460 e. The van der Waals surface area contributed by atoms with Crippen molar-refractivity contribution >= 4 is 18.3 Å². The standard InChI is InChI=1S/C19H19FN4O2.ClH/c1-12-5-6-18(26-12)15-10-16(23-22-15)19(25)24-8-7-21-11-17(24)13-3-2-4-14(20)9-13;/h2-6,9-10,17,21H,7-8,11H2,1H3,(H,22,23);1H. The van der Waals surface area contributed by atoms with Crippen molar-refractivity contribution in [3.8, 4) is 11.5 Å². The van der Waals surface area contributed by atoms with Crippen LogP contribution in [0.25, 0.3) is 11.5 Å². The van der Waals surface area contributed by atoms with E-state index in [4.69, 9.17) is 4.42 Å². The number of nitrogens with one attached hydrogen (secondary N) is 2. The zero-order valence-corrected chi connectivity index (χ0v) is 15.6. The second kappa shape index (κ2) is 7.94. The van der Waals surface area contributed by atoms with Gasteiger partial charge in [0.05, 0.1) is 6.04 Å². The minimum absolute atomic E-state index is 0. The van der Waals surface area contributed by atoms with Gasteiger partial charge in [0.25, 0.3) is 5.91 Å². The molecule has 0 spiro atoms. The van der Waals surface area contributed by atoms with Gasteiger partial charge in [-0.3, -0.25) is 9.89 Å². The van der Waals surface area contributed by atoms with E-state index in [-0.39, 0.29) is 30.2 Å². The molecule has 1 aliphatic rings. The highest BCUT2D eigenvalue weighted by atomic mass is 35.5. The summed E-state index contributed by atoms with van der Waals surface area (Å²) in [6, 6.07) is 11.5. The summed E-state index contributed by atoms with van der Waals surface area (Å²) in [5.41, 5.74) is 1.74. The van der Waals surface area contributed by atoms with Gasteiger partial charge in [-0.15, -0.1) is 12.4 Å². The van der Waals surface area contributed by atoms with Crippen LogP contribution in [0.15, 0.2) is 46.9 Å². The van der Waals surface area contributed by atoms with Crippen LogP contribution >= 0.6 is 12.4 Å². The number of benzene rings is 1. The molecule has 0 bridgehead atoms. The van der Waals surface area contributed by atoms with Crippen LogP contribution in [0, 0.1) is 12.7 Å². The van der Waals surface area contributed by atoms with Gasteiger partial charge >= 0.3 is 0 Å². The van der Waals surface area contributed by atoms with Gasteiger partial charge in [0.1, 0.15) is 17.3 Å². The van der Waals surface area contributed by atoms with Crippen LogP contribution in [-0.2, 0) is 0 Å². The zero-order valence-electron chi connectivity index (χ0n) is 14.7. The molecule has 1 saturated heterocycles. The Labute approximate surface area is 162 Å². The highest BCUT2D eigenvalue weighted by Gasteiger charge is 2.30. The summed E-state index contributed by atoms with van der Waals surface area (Å²) in [7, 11) is 0. The summed E-state index contributed by atoms with van der Waals surface area (Å²) in [5.74, 6) is 0.925. The normalized spacial score (nSPS) is 16.8. The smallest absolute Gasteiger partial charge is 0.274 e. The van der Waals surface area contributed by atoms with E-state index in [0.717, 1.165) is 11.3 Å². The van der Waals surface area contributed by atoms with Crippen molar-refractivity contribution in [3.63, 3.8) is 0 Å². The number of aromatic nitrogens is 2. The molecule has 1 aliphatic heterocycles. The molecule has 8 heteroatoms. The molecular weight excluding hydrogens is 371 g/mol. The number of rotatable bonds is 3. The van der Waals surface area contributed by atoms with Crippen molar-refractivity contribution in [1.29, 1.82) is 0 Å². The molecule has 3 aromatic rings. The van der Waals surface area contributed by atoms with Gasteiger partial charge < -0.3 is 14.6 Å². The van der Waals surface area contributed by atoms with E-state index in [1.54, 1.807) is 17.0 Å². The highest BCUT2D eigenvalue weighted by molar-refractivity contribution is 5.93. The van der Waals surface area contributed by atoms with Gasteiger partial charge in [-0.25, -0.2) is 4.39 Å². The highest BCUT2D eigenvalue weighted by Crippen LogP contribution is 2.26. The summed E-state index contributed by atoms with van der Waals surface area (Å²) < 4.78 is 19.2. The van der Waals surface area contributed by atoms with Crippen LogP contribution in [0.4, 0.5) is 4.39 Å². The predicted molar refractivity (Wildman–Crippen MR) is 101 cm³/mol. The Bertz CT molecular complexity index is 939. The first kappa shape index (κ1) is 19.1. The van der Waals surface area contributed by atoms with Crippen molar-refractivity contribution in [1.82, 2.24) is 20.4 Å². The van der Waals surface area contributed by atoms with Crippen molar-refractivity contribution in [2.45, 2.75) is 13.0 Å². The van der Waals surface area contributed by atoms with E-state index in [0.29, 0.717) is 36.8 Å². The van der Waals surface area contributed by atoms with E-state index in [2.05, 4.69) is 15.5 Å². The number of halogens is 2. The number of furan rings is 1. The van der Waals surface area contributed by atoms with Gasteiger partial charge in [0.15, 0.2) is 11.5 Å². The maximum Gasteiger partial charge on any atom is 0.274 e. The van der Waals surface area contributed by atoms with Crippen LogP contribution in [0.2, 0.25) is 0 Å². The van der Waals surface area contributed by atoms with Gasteiger partial charge in [-0.2, -0.15) is 5.10 Å². The number of nitrogens with zero attached hydrogens (tertiary/aromatic N) is 2. The lowest BCUT2D eigenvalue weighted by molar-refractivity contribution is 0.0628. The van der Waals surface area contributed by atoms with Crippen LogP contribution in [-0.4, -0.2) is 40.6 Å². The Kier molecular flexibility index (Phi) is 5.62. The number of carbonyl (C=O) groups excluding carboxylic acids is 1. The molecule has 1 aromatic carbocycles. The lowest BCUT2D eigenvalue weighted by Gasteiger charge is -2.36. The lowest BCUT2D eigenvalue weighted by Crippen LogP contribution is -2.48. The molecule has 1 atom stereocenters. The third-order valence-corrected chi connectivity index (χ3v) is 4.54. The third-order valence-electron chi connectivity index (χ3n) is 4.54. The molecule has 27 heavy (non-hydrogen) atoms. The van der Waals surface area contributed by atoms with Gasteiger partial charge in [0.2, 0.25) is 0 Å². The molecule has 142 valence electrons. The fourth-order valence-corrected chi connectivity index (χ4v) is 3.24. The predicted octanol–water partition coefficient (Wildman–Crippen LogP) is 3.33. The number of hydrogen-bond acceptors (Lipinski definition) is 4. The van der Waals surface area contributed by atoms with Crippen LogP contribution < -0.4 is 5.32 Å². The van der Waals surface area contributed by atoms with E-state index >= 15 is 0 Å². The second-order valence-corrected chi connectivity index (χ2v) is 6.35. The first-order chi connectivity index (χ1) is 12.6. The van der Waals surface area contributed by atoms with Crippen molar-refractivity contribution in [2.75, 3.05) is 19.6 Å². The topological polar surface area (TPSA) is 74.2 Å². The first-order valence-corrected chi connectivity index (χ1v) is 8.51. The van der Waals surface area contributed by atoms with E-state index in [9.17, 15) is 9.18 Å². The molecular formula is C19H20ClFN4O2. The van der Waals surface area contributed by atoms with E-state index in [1.807, 2.05) is 25.1 Å². The monoisotopic (exact) mass is 390 g/mol. The Morgan fingerprint density at radius 3 is 2.89 bits per heavy atom. The summed E-state index contributed by atoms with van der Waals surface area (Å²) in [6.07, 6.45) is 0. The fraction of sp³-hybridized carbons (Fsp3) is 0.263. The number of aryl methyl sites for hydroxylation is 1. The second-order valence-electron chi connectivity index (χ2n) is 6.35. The Balaban J connectivity index is 0.00000210. The first-order valence-electron chi connectivity index (χ1n) is 8.51. The van der Waals surface area contributed by atoms with Crippen LogP contribution in [0.5, 0.6) is 0 Å². The average Bonchev–Trinajstić information content (AvgIpc) is 3.30. The minimum atomic E-state index is -0.310. The van der Waals surface area contributed by atoms with Gasteiger partial charge in [-0.05, 0) is 36.8 Å². The van der Waals surface area contributed by atoms with E-state index < -0.39 is 0 Å². The zero-order chi connectivity index (χ0) is 18.1. The average molecular weight is 391 g/mol. The molecule has 0 saturated carbocycles. The molecule has 1 unspecified atom stereocenters. The lowest BCUT2D eigenvalue weighted by atomic mass is 10.0. The number of hydrogen-bond donors (Lipinski definition) is 2. The van der Waals surface area contributed by atoms with Crippen LogP contribution in [0.1, 0.15) is 27.9 Å². The van der Waals surface area contributed by atoms with Crippen molar-refractivity contribution in [2.24, 2.45) is 0 Å². The van der Waals surface area contributed by atoms with Crippen molar-refractivity contribution in [3.05, 3.63) is 65.3 Å². The van der Waals surface area contributed by atoms with Crippen molar-refractivity contribution < 1.29 is 13.6 Å². The SMILES string of the molecule is Cc1ccc(-c2cc(C(=O)N3CCNCC3c3cccc(F)c3)n[nH]2)o1.Cl. The van der Waals surface area contributed by atoms with Gasteiger partial charge in [0, 0.05) is 25.7 Å². The quantitative estimate of drug-likeness (QED) is 0.719. The Morgan fingerprint density at radius 1 is 1.30 bits per heavy atom. The molecule has 1 fully saturated rings. The summed E-state index contributed by atoms with van der Waals surface area (Å²) in [4.78, 5) is 14.7. The van der Waals surface area contributed by atoms with E-state index in [1.165, 1.54) is 12.1 Å². The summed E-state index contributed by atoms with van der Waals surface area (Å²) >= 11 is 0. The third kappa shape index (κ3) is 3.89. The Hall–Kier alpha value is -2.64. The number of H-pyrrole nitrogens is 1. The maximum absolute atomic E-state index is 13.6. The number of carbonyl (C=O) groups is 1. The fourth-order valence-electron chi connectivity index (χ4n) is 3.24. The molecule has 6 nitrogen and oxygen atoms in total. The summed E-state index contributed by atoms with van der Waals surface area (Å²) in [6.45, 7) is 3.65. The molecule has 1 amide bonds. The molecule has 3 heterocycles. The molecule has 4 rings (SSSR count). The molecule has 0 radical (unpaired) electrons. The number of piperazine rings is 1. The Morgan fingerprint density at radius 2 is 2.15 bits per heavy atom. The number of amides is 1. The number of aromatic amines is 1. The summed E-state index contributed by atoms with van der Waals surface area (Å²) in [5, 5.41) is 10.3. The van der Waals surface area contributed by atoms with Gasteiger partial charge in [-0.1, -0.05) is 12.1 Å². The molecule has 2 N–H and O–H groups in total. The maximum atomic E-state index is 13.6. The molecule has 0 aliphatic carbocycles. The van der Waals surface area contributed by atoms with Crippen LogP contribution in [0.3, 0.4) is 0 Å².